The lowest BCUT2D eigenvalue weighted by molar-refractivity contribution is 0.0951. The lowest BCUT2D eigenvalue weighted by atomic mass is 10.0. The van der Waals surface area contributed by atoms with E-state index in [2.05, 4.69) is 43.6 Å². The monoisotopic (exact) mass is 389 g/mol. The van der Waals surface area contributed by atoms with Crippen molar-refractivity contribution < 1.29 is 4.79 Å². The van der Waals surface area contributed by atoms with Crippen LogP contribution in [0.25, 0.3) is 0 Å². The van der Waals surface area contributed by atoms with Gasteiger partial charge in [-0.3, -0.25) is 4.79 Å². The molecule has 0 bridgehead atoms. The molecule has 1 unspecified atom stereocenters. The number of carbonyl (C=O) groups excluding carboxylic acids is 1. The second-order valence-corrected chi connectivity index (χ2v) is 7.97. The molecule has 0 spiro atoms. The van der Waals surface area contributed by atoms with Crippen molar-refractivity contribution >= 4 is 11.9 Å². The predicted octanol–water partition coefficient (Wildman–Crippen LogP) is 2.86. The first-order chi connectivity index (χ1) is 13.3. The number of amides is 1. The number of hydrogen-bond acceptors (Lipinski definition) is 3. The van der Waals surface area contributed by atoms with E-state index in [0.29, 0.717) is 30.6 Å². The van der Waals surface area contributed by atoms with Crippen molar-refractivity contribution in [3.8, 4) is 0 Å². The number of hydrogen-bond donors (Lipinski definition) is 3. The molecule has 158 valence electrons. The Balaban J connectivity index is 2.67. The van der Waals surface area contributed by atoms with E-state index < -0.39 is 0 Å². The van der Waals surface area contributed by atoms with Gasteiger partial charge in [-0.25, -0.2) is 4.99 Å². The zero-order chi connectivity index (χ0) is 20.9. The van der Waals surface area contributed by atoms with Gasteiger partial charge in [-0.2, -0.15) is 0 Å². The van der Waals surface area contributed by atoms with Gasteiger partial charge in [0.1, 0.15) is 0 Å². The zero-order valence-corrected chi connectivity index (χ0v) is 18.5. The summed E-state index contributed by atoms with van der Waals surface area (Å²) in [4.78, 5) is 19.0. The van der Waals surface area contributed by atoms with Crippen molar-refractivity contribution in [2.24, 2.45) is 10.9 Å². The molecule has 0 aromatic heterocycles. The van der Waals surface area contributed by atoms with Gasteiger partial charge in [0, 0.05) is 31.2 Å². The molecule has 0 radical (unpaired) electrons. The van der Waals surface area contributed by atoms with Crippen molar-refractivity contribution in [1.29, 1.82) is 0 Å². The predicted molar refractivity (Wildman–Crippen MR) is 119 cm³/mol. The molecule has 1 atom stereocenters. The summed E-state index contributed by atoms with van der Waals surface area (Å²) in [7, 11) is 3.98. The molecule has 3 N–H and O–H groups in total. The normalized spacial score (nSPS) is 12.9. The Hall–Kier alpha value is -2.08. The summed E-state index contributed by atoms with van der Waals surface area (Å²) in [6.45, 7) is 11.6. The average molecular weight is 390 g/mol. The van der Waals surface area contributed by atoms with E-state index in [4.69, 9.17) is 4.99 Å². The summed E-state index contributed by atoms with van der Waals surface area (Å²) in [5.74, 6) is 1.48. The second-order valence-electron chi connectivity index (χ2n) is 7.97. The number of guanidine groups is 1. The Morgan fingerprint density at radius 1 is 1.14 bits per heavy atom. The second kappa shape index (κ2) is 13.2. The van der Waals surface area contributed by atoms with Crippen molar-refractivity contribution in [2.75, 3.05) is 33.7 Å². The number of nitrogens with one attached hydrogen (secondary N) is 3. The van der Waals surface area contributed by atoms with E-state index in [1.807, 2.05) is 43.3 Å². The summed E-state index contributed by atoms with van der Waals surface area (Å²) in [5.41, 5.74) is 1.70. The summed E-state index contributed by atoms with van der Waals surface area (Å²) in [6.07, 6.45) is 2.31. The molecule has 1 amide bonds. The van der Waals surface area contributed by atoms with Gasteiger partial charge >= 0.3 is 0 Å². The molecule has 28 heavy (non-hydrogen) atoms. The van der Waals surface area contributed by atoms with Crippen LogP contribution in [0.2, 0.25) is 0 Å². The molecular weight excluding hydrogens is 350 g/mol. The fourth-order valence-corrected chi connectivity index (χ4v) is 2.69. The molecule has 1 rings (SSSR count). The van der Waals surface area contributed by atoms with E-state index >= 15 is 0 Å². The van der Waals surface area contributed by atoms with Gasteiger partial charge in [-0.05, 0) is 64.4 Å². The molecule has 0 saturated carbocycles. The van der Waals surface area contributed by atoms with Crippen LogP contribution in [-0.2, 0) is 6.54 Å². The molecule has 0 heterocycles. The Morgan fingerprint density at radius 2 is 1.89 bits per heavy atom. The maximum Gasteiger partial charge on any atom is 0.251 e. The highest BCUT2D eigenvalue weighted by Crippen LogP contribution is 2.08. The van der Waals surface area contributed by atoms with Crippen molar-refractivity contribution in [2.45, 2.75) is 53.1 Å². The van der Waals surface area contributed by atoms with Gasteiger partial charge in [0.2, 0.25) is 0 Å². The topological polar surface area (TPSA) is 68.8 Å². The average Bonchev–Trinajstić information content (AvgIpc) is 2.64. The van der Waals surface area contributed by atoms with Crippen LogP contribution in [-0.4, -0.2) is 56.5 Å². The number of likely N-dealkylation sites (N-methyl/N-ethyl adjacent to an activating group) is 1. The molecule has 1 aromatic rings. The van der Waals surface area contributed by atoms with Crippen LogP contribution < -0.4 is 16.0 Å². The Morgan fingerprint density at radius 3 is 2.54 bits per heavy atom. The van der Waals surface area contributed by atoms with Crippen LogP contribution in [0.15, 0.2) is 29.3 Å². The number of benzene rings is 1. The van der Waals surface area contributed by atoms with E-state index in [1.54, 1.807) is 0 Å². The summed E-state index contributed by atoms with van der Waals surface area (Å²) in [5, 5.41) is 9.73. The number of aliphatic imine (C=N–C) groups is 1. The van der Waals surface area contributed by atoms with Crippen LogP contribution in [0.3, 0.4) is 0 Å². The van der Waals surface area contributed by atoms with E-state index in [0.717, 1.165) is 31.0 Å². The maximum atomic E-state index is 12.3. The standard InChI is InChI=1S/C22H39N5O/c1-7-23-22(26-18(4)12-11-17(2)3)25-16-19-9-8-10-20(15-19)21(28)24-13-14-27(5)6/h8-10,15,17-18H,7,11-14,16H2,1-6H3,(H,24,28)(H2,23,25,26). The van der Waals surface area contributed by atoms with Gasteiger partial charge < -0.3 is 20.9 Å². The Kier molecular flexibility index (Phi) is 11.3. The first-order valence-corrected chi connectivity index (χ1v) is 10.4. The molecule has 0 aliphatic rings. The maximum absolute atomic E-state index is 12.3. The van der Waals surface area contributed by atoms with Gasteiger partial charge in [0.15, 0.2) is 5.96 Å². The molecule has 1 aromatic carbocycles. The molecule has 0 saturated heterocycles. The highest BCUT2D eigenvalue weighted by Gasteiger charge is 2.08. The van der Waals surface area contributed by atoms with Crippen molar-refractivity contribution in [3.05, 3.63) is 35.4 Å². The smallest absolute Gasteiger partial charge is 0.251 e. The van der Waals surface area contributed by atoms with Crippen LogP contribution in [0.5, 0.6) is 0 Å². The minimum absolute atomic E-state index is 0.0416. The van der Waals surface area contributed by atoms with E-state index in [-0.39, 0.29) is 5.91 Å². The lowest BCUT2D eigenvalue weighted by Gasteiger charge is -2.18. The zero-order valence-electron chi connectivity index (χ0n) is 18.5. The van der Waals surface area contributed by atoms with E-state index in [9.17, 15) is 4.79 Å². The highest BCUT2D eigenvalue weighted by molar-refractivity contribution is 5.94. The van der Waals surface area contributed by atoms with Crippen LogP contribution >= 0.6 is 0 Å². The van der Waals surface area contributed by atoms with Gasteiger partial charge in [-0.15, -0.1) is 0 Å². The first kappa shape index (κ1) is 24.0. The third-order valence-corrected chi connectivity index (χ3v) is 4.36. The van der Waals surface area contributed by atoms with Gasteiger partial charge in [-0.1, -0.05) is 26.0 Å². The minimum Gasteiger partial charge on any atom is -0.357 e. The molecule has 0 fully saturated rings. The summed E-state index contributed by atoms with van der Waals surface area (Å²) in [6, 6.07) is 8.05. The largest absolute Gasteiger partial charge is 0.357 e. The number of carbonyl (C=O) groups is 1. The molecule has 6 nitrogen and oxygen atoms in total. The molecular formula is C22H39N5O. The van der Waals surface area contributed by atoms with E-state index in [1.165, 1.54) is 6.42 Å². The SMILES string of the molecule is CCNC(=NCc1cccc(C(=O)NCCN(C)C)c1)NC(C)CCC(C)C. The van der Waals surface area contributed by atoms with Crippen molar-refractivity contribution in [1.82, 2.24) is 20.9 Å². The fourth-order valence-electron chi connectivity index (χ4n) is 2.69. The number of rotatable bonds is 11. The lowest BCUT2D eigenvalue weighted by Crippen LogP contribution is -2.42. The fraction of sp³-hybridized carbons (Fsp3) is 0.636. The van der Waals surface area contributed by atoms with Gasteiger partial charge in [0.05, 0.1) is 6.54 Å². The third-order valence-electron chi connectivity index (χ3n) is 4.36. The van der Waals surface area contributed by atoms with Crippen LogP contribution in [0, 0.1) is 5.92 Å². The Bertz CT molecular complexity index is 613. The quantitative estimate of drug-likeness (QED) is 0.402. The van der Waals surface area contributed by atoms with Crippen LogP contribution in [0.1, 0.15) is 56.5 Å². The molecule has 6 heteroatoms. The summed E-state index contributed by atoms with van der Waals surface area (Å²) >= 11 is 0. The Labute approximate surface area is 171 Å². The third kappa shape index (κ3) is 10.3. The summed E-state index contributed by atoms with van der Waals surface area (Å²) < 4.78 is 0. The molecule has 0 aliphatic carbocycles. The molecule has 0 aliphatic heterocycles. The van der Waals surface area contributed by atoms with Gasteiger partial charge in [0.25, 0.3) is 5.91 Å². The van der Waals surface area contributed by atoms with Crippen LogP contribution in [0.4, 0.5) is 0 Å². The van der Waals surface area contributed by atoms with Crippen molar-refractivity contribution in [3.63, 3.8) is 0 Å². The first-order valence-electron chi connectivity index (χ1n) is 10.4. The number of nitrogens with zero attached hydrogens (tertiary/aromatic N) is 2. The minimum atomic E-state index is -0.0416. The highest BCUT2D eigenvalue weighted by atomic mass is 16.1.